The number of aromatic nitrogens is 1. The molecule has 0 aliphatic heterocycles. The van der Waals surface area contributed by atoms with E-state index in [1.807, 2.05) is 36.4 Å². The fraction of sp³-hybridized carbons (Fsp3) is 0.143. The molecule has 2 aromatic rings. The van der Waals surface area contributed by atoms with Gasteiger partial charge in [0.2, 0.25) is 0 Å². The maximum atomic E-state index is 5.25. The SMILES string of the molecule is C[C@@H](NC(=S)Nc1ccccn1)c1ccccc1. The van der Waals surface area contributed by atoms with Crippen molar-refractivity contribution >= 4 is 23.1 Å². The second kappa shape index (κ2) is 6.12. The van der Waals surface area contributed by atoms with E-state index in [0.29, 0.717) is 5.11 Å². The highest BCUT2D eigenvalue weighted by Crippen LogP contribution is 2.11. The van der Waals surface area contributed by atoms with Gasteiger partial charge in [-0.15, -0.1) is 0 Å². The van der Waals surface area contributed by atoms with Crippen molar-refractivity contribution in [1.82, 2.24) is 10.3 Å². The predicted molar refractivity (Wildman–Crippen MR) is 78.5 cm³/mol. The van der Waals surface area contributed by atoms with E-state index in [-0.39, 0.29) is 6.04 Å². The summed E-state index contributed by atoms with van der Waals surface area (Å²) in [5, 5.41) is 6.85. The molecule has 0 aliphatic carbocycles. The first-order valence-corrected chi connectivity index (χ1v) is 6.20. The van der Waals surface area contributed by atoms with E-state index in [1.165, 1.54) is 5.56 Å². The lowest BCUT2D eigenvalue weighted by Crippen LogP contribution is -2.31. The zero-order valence-electron chi connectivity index (χ0n) is 10.1. The molecule has 2 N–H and O–H groups in total. The fourth-order valence-corrected chi connectivity index (χ4v) is 1.89. The molecule has 0 amide bonds. The molecule has 18 heavy (non-hydrogen) atoms. The van der Waals surface area contributed by atoms with Gasteiger partial charge in [0, 0.05) is 6.20 Å². The van der Waals surface area contributed by atoms with Gasteiger partial charge in [0.05, 0.1) is 6.04 Å². The second-order valence-electron chi connectivity index (χ2n) is 3.95. The third-order valence-electron chi connectivity index (χ3n) is 2.55. The first-order chi connectivity index (χ1) is 8.75. The normalized spacial score (nSPS) is 11.6. The van der Waals surface area contributed by atoms with Crippen LogP contribution in [0.3, 0.4) is 0 Å². The summed E-state index contributed by atoms with van der Waals surface area (Å²) in [5.41, 5.74) is 1.20. The molecule has 0 unspecified atom stereocenters. The Balaban J connectivity index is 1.92. The summed E-state index contributed by atoms with van der Waals surface area (Å²) in [5.74, 6) is 0.746. The molecule has 3 nitrogen and oxygen atoms in total. The summed E-state index contributed by atoms with van der Waals surface area (Å²) >= 11 is 5.25. The molecule has 0 spiro atoms. The van der Waals surface area contributed by atoms with Gasteiger partial charge in [-0.1, -0.05) is 36.4 Å². The molecule has 1 atom stereocenters. The van der Waals surface area contributed by atoms with Gasteiger partial charge in [-0.05, 0) is 36.8 Å². The lowest BCUT2D eigenvalue weighted by molar-refractivity contribution is 0.722. The second-order valence-corrected chi connectivity index (χ2v) is 4.35. The van der Waals surface area contributed by atoms with Crippen LogP contribution in [0.2, 0.25) is 0 Å². The van der Waals surface area contributed by atoms with Crippen LogP contribution >= 0.6 is 12.2 Å². The topological polar surface area (TPSA) is 37.0 Å². The zero-order chi connectivity index (χ0) is 12.8. The van der Waals surface area contributed by atoms with Gasteiger partial charge in [0.1, 0.15) is 5.82 Å². The molecule has 0 saturated heterocycles. The molecule has 0 saturated carbocycles. The Morgan fingerprint density at radius 1 is 1.11 bits per heavy atom. The first kappa shape index (κ1) is 12.5. The minimum absolute atomic E-state index is 0.162. The summed E-state index contributed by atoms with van der Waals surface area (Å²) < 4.78 is 0. The minimum Gasteiger partial charge on any atom is -0.356 e. The van der Waals surface area contributed by atoms with Gasteiger partial charge < -0.3 is 10.6 Å². The van der Waals surface area contributed by atoms with E-state index >= 15 is 0 Å². The largest absolute Gasteiger partial charge is 0.356 e. The monoisotopic (exact) mass is 257 g/mol. The average molecular weight is 257 g/mol. The van der Waals surface area contributed by atoms with Crippen molar-refractivity contribution in [3.05, 3.63) is 60.3 Å². The van der Waals surface area contributed by atoms with E-state index < -0.39 is 0 Å². The fourth-order valence-electron chi connectivity index (χ4n) is 1.61. The summed E-state index contributed by atoms with van der Waals surface area (Å²) in [6.45, 7) is 2.07. The Morgan fingerprint density at radius 3 is 2.50 bits per heavy atom. The van der Waals surface area contributed by atoms with Crippen LogP contribution in [0.15, 0.2) is 54.7 Å². The highest BCUT2D eigenvalue weighted by Gasteiger charge is 2.06. The number of benzene rings is 1. The maximum absolute atomic E-state index is 5.25. The smallest absolute Gasteiger partial charge is 0.172 e. The molecule has 1 heterocycles. The molecule has 0 aliphatic rings. The number of hydrogen-bond acceptors (Lipinski definition) is 2. The molecule has 1 aromatic carbocycles. The number of nitrogens with zero attached hydrogens (tertiary/aromatic N) is 1. The number of pyridine rings is 1. The van der Waals surface area contributed by atoms with Gasteiger partial charge in [-0.25, -0.2) is 4.98 Å². The van der Waals surface area contributed by atoms with Crippen LogP contribution in [0, 0.1) is 0 Å². The van der Waals surface area contributed by atoms with Gasteiger partial charge in [-0.3, -0.25) is 0 Å². The summed E-state index contributed by atoms with van der Waals surface area (Å²) in [7, 11) is 0. The molecule has 0 fully saturated rings. The summed E-state index contributed by atoms with van der Waals surface area (Å²) in [6, 6.07) is 16.0. The van der Waals surface area contributed by atoms with Crippen molar-refractivity contribution in [2.24, 2.45) is 0 Å². The van der Waals surface area contributed by atoms with Gasteiger partial charge >= 0.3 is 0 Å². The third kappa shape index (κ3) is 3.53. The lowest BCUT2D eigenvalue weighted by atomic mass is 10.1. The molecule has 0 radical (unpaired) electrons. The van der Waals surface area contributed by atoms with Crippen molar-refractivity contribution in [3.63, 3.8) is 0 Å². The molecule has 2 rings (SSSR count). The van der Waals surface area contributed by atoms with E-state index in [2.05, 4.69) is 34.7 Å². The van der Waals surface area contributed by atoms with Crippen LogP contribution in [0.4, 0.5) is 5.82 Å². The molecular weight excluding hydrogens is 242 g/mol. The van der Waals surface area contributed by atoms with Crippen LogP contribution in [0.25, 0.3) is 0 Å². The Morgan fingerprint density at radius 2 is 1.83 bits per heavy atom. The Labute approximate surface area is 112 Å². The Hall–Kier alpha value is -1.94. The molecule has 92 valence electrons. The average Bonchev–Trinajstić information content (AvgIpc) is 2.40. The molecule has 0 bridgehead atoms. The van der Waals surface area contributed by atoms with Crippen molar-refractivity contribution in [1.29, 1.82) is 0 Å². The predicted octanol–water partition coefficient (Wildman–Crippen LogP) is 3.13. The molecule has 1 aromatic heterocycles. The Bertz CT molecular complexity index is 499. The van der Waals surface area contributed by atoms with Gasteiger partial charge in [0.25, 0.3) is 0 Å². The Kier molecular flexibility index (Phi) is 4.25. The quantitative estimate of drug-likeness (QED) is 0.828. The van der Waals surface area contributed by atoms with Crippen molar-refractivity contribution in [2.75, 3.05) is 5.32 Å². The number of hydrogen-bond donors (Lipinski definition) is 2. The molecule has 4 heteroatoms. The van der Waals surface area contributed by atoms with E-state index in [9.17, 15) is 0 Å². The van der Waals surface area contributed by atoms with Crippen LogP contribution < -0.4 is 10.6 Å². The van der Waals surface area contributed by atoms with E-state index in [4.69, 9.17) is 12.2 Å². The number of anilines is 1. The van der Waals surface area contributed by atoms with Crippen molar-refractivity contribution < 1.29 is 0 Å². The van der Waals surface area contributed by atoms with E-state index in [1.54, 1.807) is 6.20 Å². The molecular formula is C14H15N3S. The summed E-state index contributed by atoms with van der Waals surface area (Å²) in [4.78, 5) is 4.16. The minimum atomic E-state index is 0.162. The van der Waals surface area contributed by atoms with Crippen LogP contribution in [-0.4, -0.2) is 10.1 Å². The van der Waals surface area contributed by atoms with E-state index in [0.717, 1.165) is 5.82 Å². The third-order valence-corrected chi connectivity index (χ3v) is 2.77. The maximum Gasteiger partial charge on any atom is 0.172 e. The standard InChI is InChI=1S/C14H15N3S/c1-11(12-7-3-2-4-8-12)16-14(18)17-13-9-5-6-10-15-13/h2-11H,1H3,(H2,15,16,17,18)/t11-/m1/s1. The van der Waals surface area contributed by atoms with Crippen LogP contribution in [0.5, 0.6) is 0 Å². The van der Waals surface area contributed by atoms with Crippen LogP contribution in [0.1, 0.15) is 18.5 Å². The van der Waals surface area contributed by atoms with Crippen molar-refractivity contribution in [2.45, 2.75) is 13.0 Å². The van der Waals surface area contributed by atoms with Crippen molar-refractivity contribution in [3.8, 4) is 0 Å². The first-order valence-electron chi connectivity index (χ1n) is 5.79. The highest BCUT2D eigenvalue weighted by molar-refractivity contribution is 7.80. The highest BCUT2D eigenvalue weighted by atomic mass is 32.1. The number of rotatable bonds is 3. The van der Waals surface area contributed by atoms with Gasteiger partial charge in [0.15, 0.2) is 5.11 Å². The lowest BCUT2D eigenvalue weighted by Gasteiger charge is -2.16. The number of nitrogens with one attached hydrogen (secondary N) is 2. The van der Waals surface area contributed by atoms with Gasteiger partial charge in [-0.2, -0.15) is 0 Å². The summed E-state index contributed by atoms with van der Waals surface area (Å²) in [6.07, 6.45) is 1.73. The van der Waals surface area contributed by atoms with Crippen LogP contribution in [-0.2, 0) is 0 Å². The zero-order valence-corrected chi connectivity index (χ0v) is 10.9. The number of thiocarbonyl (C=S) groups is 1.